The first-order valence-corrected chi connectivity index (χ1v) is 6.80. The Hall–Kier alpha value is -1.09. The number of hydrogen-bond acceptors (Lipinski definition) is 3. The van der Waals surface area contributed by atoms with Crippen molar-refractivity contribution in [3.8, 4) is 0 Å². The Bertz CT molecular complexity index is 358. The van der Waals surface area contributed by atoms with Crippen LogP contribution in [0.2, 0.25) is 0 Å². The zero-order valence-corrected chi connectivity index (χ0v) is 12.4. The normalized spacial score (nSPS) is 12.6. The van der Waals surface area contributed by atoms with Crippen LogP contribution >= 0.6 is 0 Å². The molecule has 102 valence electrons. The molecule has 0 aromatic carbocycles. The van der Waals surface area contributed by atoms with E-state index in [-0.39, 0.29) is 11.0 Å². The van der Waals surface area contributed by atoms with Crippen molar-refractivity contribution in [2.24, 2.45) is 5.73 Å². The number of hydrogen-bond donors (Lipinski definition) is 2. The molecule has 0 radical (unpaired) electrons. The molecule has 0 atom stereocenters. The van der Waals surface area contributed by atoms with Gasteiger partial charge >= 0.3 is 0 Å². The topological polar surface area (TPSA) is 50.9 Å². The van der Waals surface area contributed by atoms with Crippen LogP contribution < -0.4 is 11.1 Å². The van der Waals surface area contributed by atoms with E-state index in [9.17, 15) is 0 Å². The molecule has 0 bridgehead atoms. The molecule has 0 spiro atoms. The van der Waals surface area contributed by atoms with E-state index in [0.29, 0.717) is 0 Å². The van der Waals surface area contributed by atoms with Gasteiger partial charge in [-0.15, -0.1) is 0 Å². The lowest BCUT2D eigenvalue weighted by atomic mass is 9.88. The van der Waals surface area contributed by atoms with Gasteiger partial charge in [-0.25, -0.2) is 4.98 Å². The van der Waals surface area contributed by atoms with E-state index in [1.165, 1.54) is 5.56 Å². The van der Waals surface area contributed by atoms with Crippen LogP contribution in [0.4, 0.5) is 5.82 Å². The molecular weight excluding hydrogens is 222 g/mol. The Morgan fingerprint density at radius 1 is 1.17 bits per heavy atom. The van der Waals surface area contributed by atoms with Crippen molar-refractivity contribution in [3.05, 3.63) is 23.9 Å². The second-order valence-corrected chi connectivity index (χ2v) is 6.11. The SMILES string of the molecule is CCC(N)(CC)CNc1ccc(C(C)(C)C)cn1. The highest BCUT2D eigenvalue weighted by Gasteiger charge is 2.20. The standard InChI is InChI=1S/C15H27N3/c1-6-15(16,7-2)11-18-13-9-8-12(10-17-13)14(3,4)5/h8-10H,6-7,11,16H2,1-5H3,(H,17,18). The van der Waals surface area contributed by atoms with Gasteiger partial charge < -0.3 is 11.1 Å². The number of nitrogens with two attached hydrogens (primary N) is 1. The average molecular weight is 249 g/mol. The summed E-state index contributed by atoms with van der Waals surface area (Å²) in [7, 11) is 0. The fourth-order valence-corrected chi connectivity index (χ4v) is 1.71. The molecule has 1 rings (SSSR count). The molecule has 3 nitrogen and oxygen atoms in total. The lowest BCUT2D eigenvalue weighted by Crippen LogP contribution is -2.45. The largest absolute Gasteiger partial charge is 0.368 e. The van der Waals surface area contributed by atoms with Gasteiger partial charge in [-0.05, 0) is 29.9 Å². The second-order valence-electron chi connectivity index (χ2n) is 6.11. The molecule has 1 heterocycles. The molecule has 0 amide bonds. The third kappa shape index (κ3) is 3.98. The van der Waals surface area contributed by atoms with Crippen molar-refractivity contribution >= 4 is 5.82 Å². The third-order valence-electron chi connectivity index (χ3n) is 3.66. The summed E-state index contributed by atoms with van der Waals surface area (Å²) in [5.74, 6) is 0.903. The summed E-state index contributed by atoms with van der Waals surface area (Å²) in [6, 6.07) is 4.16. The van der Waals surface area contributed by atoms with E-state index in [0.717, 1.165) is 25.2 Å². The van der Waals surface area contributed by atoms with Gasteiger partial charge in [0.2, 0.25) is 0 Å². The summed E-state index contributed by atoms with van der Waals surface area (Å²) < 4.78 is 0. The number of nitrogens with zero attached hydrogens (tertiary/aromatic N) is 1. The Labute approximate surface area is 111 Å². The summed E-state index contributed by atoms with van der Waals surface area (Å²) in [6.45, 7) is 11.6. The van der Waals surface area contributed by atoms with E-state index in [2.05, 4.69) is 51.0 Å². The minimum Gasteiger partial charge on any atom is -0.368 e. The van der Waals surface area contributed by atoms with Crippen molar-refractivity contribution in [3.63, 3.8) is 0 Å². The first-order chi connectivity index (χ1) is 8.30. The predicted octanol–water partition coefficient (Wildman–Crippen LogP) is 3.31. The van der Waals surface area contributed by atoms with Crippen LogP contribution in [0.15, 0.2) is 18.3 Å². The van der Waals surface area contributed by atoms with Gasteiger partial charge in [0.15, 0.2) is 0 Å². The number of anilines is 1. The van der Waals surface area contributed by atoms with Gasteiger partial charge in [-0.3, -0.25) is 0 Å². The number of aromatic nitrogens is 1. The maximum absolute atomic E-state index is 6.25. The van der Waals surface area contributed by atoms with Crippen molar-refractivity contribution in [2.45, 2.75) is 58.4 Å². The predicted molar refractivity (Wildman–Crippen MR) is 78.9 cm³/mol. The van der Waals surface area contributed by atoms with Crippen LogP contribution in [0.5, 0.6) is 0 Å². The van der Waals surface area contributed by atoms with E-state index in [1.807, 2.05) is 12.3 Å². The zero-order valence-electron chi connectivity index (χ0n) is 12.4. The fourth-order valence-electron chi connectivity index (χ4n) is 1.71. The van der Waals surface area contributed by atoms with Gasteiger partial charge in [-0.1, -0.05) is 40.7 Å². The van der Waals surface area contributed by atoms with Crippen LogP contribution in [-0.4, -0.2) is 17.1 Å². The van der Waals surface area contributed by atoms with E-state index in [4.69, 9.17) is 5.73 Å². The maximum atomic E-state index is 6.25. The molecule has 0 saturated carbocycles. The minimum atomic E-state index is -0.135. The average Bonchev–Trinajstić information content (AvgIpc) is 2.35. The summed E-state index contributed by atoms with van der Waals surface area (Å²) in [5.41, 5.74) is 7.52. The summed E-state index contributed by atoms with van der Waals surface area (Å²) in [5, 5.41) is 3.33. The summed E-state index contributed by atoms with van der Waals surface area (Å²) in [4.78, 5) is 4.45. The molecule has 3 heteroatoms. The molecule has 0 aliphatic rings. The number of nitrogens with one attached hydrogen (secondary N) is 1. The molecule has 0 aliphatic carbocycles. The molecule has 3 N–H and O–H groups in total. The van der Waals surface area contributed by atoms with Crippen molar-refractivity contribution in [1.82, 2.24) is 4.98 Å². The first kappa shape index (κ1) is 15.0. The molecule has 0 aliphatic heterocycles. The van der Waals surface area contributed by atoms with Gasteiger partial charge in [0, 0.05) is 18.3 Å². The van der Waals surface area contributed by atoms with Crippen LogP contribution in [0, 0.1) is 0 Å². The van der Waals surface area contributed by atoms with Crippen molar-refractivity contribution < 1.29 is 0 Å². The monoisotopic (exact) mass is 249 g/mol. The van der Waals surface area contributed by atoms with E-state index < -0.39 is 0 Å². The van der Waals surface area contributed by atoms with Gasteiger partial charge in [-0.2, -0.15) is 0 Å². The summed E-state index contributed by atoms with van der Waals surface area (Å²) in [6.07, 6.45) is 3.88. The Morgan fingerprint density at radius 3 is 2.17 bits per heavy atom. The molecule has 0 fully saturated rings. The minimum absolute atomic E-state index is 0.135. The Kier molecular flexibility index (Phi) is 4.74. The van der Waals surface area contributed by atoms with E-state index in [1.54, 1.807) is 0 Å². The highest BCUT2D eigenvalue weighted by molar-refractivity contribution is 5.37. The smallest absolute Gasteiger partial charge is 0.125 e. The number of rotatable bonds is 5. The second kappa shape index (κ2) is 5.70. The fraction of sp³-hybridized carbons (Fsp3) is 0.667. The molecule has 18 heavy (non-hydrogen) atoms. The van der Waals surface area contributed by atoms with Crippen LogP contribution in [0.3, 0.4) is 0 Å². The van der Waals surface area contributed by atoms with Gasteiger partial charge in [0.1, 0.15) is 5.82 Å². The lowest BCUT2D eigenvalue weighted by Gasteiger charge is -2.27. The van der Waals surface area contributed by atoms with Gasteiger partial charge in [0.05, 0.1) is 0 Å². The molecule has 0 saturated heterocycles. The van der Waals surface area contributed by atoms with Crippen molar-refractivity contribution in [2.75, 3.05) is 11.9 Å². The van der Waals surface area contributed by atoms with Crippen LogP contribution in [0.25, 0.3) is 0 Å². The third-order valence-corrected chi connectivity index (χ3v) is 3.66. The molecule has 1 aromatic rings. The molecule has 1 aromatic heterocycles. The molecular formula is C15H27N3. The Morgan fingerprint density at radius 2 is 1.78 bits per heavy atom. The Balaban J connectivity index is 2.65. The van der Waals surface area contributed by atoms with Gasteiger partial charge in [0.25, 0.3) is 0 Å². The highest BCUT2D eigenvalue weighted by Crippen LogP contribution is 2.22. The maximum Gasteiger partial charge on any atom is 0.125 e. The number of pyridine rings is 1. The highest BCUT2D eigenvalue weighted by atomic mass is 15.0. The molecule has 0 unspecified atom stereocenters. The zero-order chi connectivity index (χ0) is 13.8. The lowest BCUT2D eigenvalue weighted by molar-refractivity contribution is 0.418. The summed E-state index contributed by atoms with van der Waals surface area (Å²) >= 11 is 0. The first-order valence-electron chi connectivity index (χ1n) is 6.80. The van der Waals surface area contributed by atoms with Crippen LogP contribution in [-0.2, 0) is 5.41 Å². The quantitative estimate of drug-likeness (QED) is 0.841. The van der Waals surface area contributed by atoms with Crippen molar-refractivity contribution in [1.29, 1.82) is 0 Å². The van der Waals surface area contributed by atoms with Crippen LogP contribution in [0.1, 0.15) is 53.0 Å². The van der Waals surface area contributed by atoms with E-state index >= 15 is 0 Å².